The van der Waals surface area contributed by atoms with Gasteiger partial charge in [-0.1, -0.05) is 6.92 Å². The van der Waals surface area contributed by atoms with Crippen LogP contribution in [-0.4, -0.2) is 50.3 Å². The van der Waals surface area contributed by atoms with Crippen molar-refractivity contribution < 1.29 is 12.8 Å². The zero-order valence-corrected chi connectivity index (χ0v) is 13.2. The summed E-state index contributed by atoms with van der Waals surface area (Å²) in [5, 5.41) is 0. The summed E-state index contributed by atoms with van der Waals surface area (Å²) < 4.78 is 39.7. The van der Waals surface area contributed by atoms with Gasteiger partial charge in [-0.15, -0.1) is 0 Å². The highest BCUT2D eigenvalue weighted by atomic mass is 32.2. The van der Waals surface area contributed by atoms with Crippen molar-refractivity contribution >= 4 is 15.7 Å². The normalized spacial score (nSPS) is 18.3. The number of piperidine rings is 1. The van der Waals surface area contributed by atoms with Crippen LogP contribution in [0.1, 0.15) is 19.8 Å². The summed E-state index contributed by atoms with van der Waals surface area (Å²) in [6.45, 7) is 4.86. The molecule has 0 aromatic heterocycles. The first-order valence-corrected chi connectivity index (χ1v) is 8.55. The molecule has 7 heteroatoms. The van der Waals surface area contributed by atoms with Gasteiger partial charge in [-0.2, -0.15) is 4.31 Å². The third kappa shape index (κ3) is 3.36. The zero-order valence-electron chi connectivity index (χ0n) is 12.4. The van der Waals surface area contributed by atoms with Crippen molar-refractivity contribution in [2.45, 2.75) is 30.7 Å². The number of likely N-dealkylation sites (tertiary alicyclic amines) is 1. The standard InChI is InChI=1S/C14H22FN3O2S/c1-3-18-8-6-12(7-9-18)17(2)21(19,20)14-5-4-11(15)10-13(14)16/h4-5,10,12H,3,6-9,16H2,1-2H3. The van der Waals surface area contributed by atoms with Crippen molar-refractivity contribution in [3.63, 3.8) is 0 Å². The van der Waals surface area contributed by atoms with Gasteiger partial charge >= 0.3 is 0 Å². The summed E-state index contributed by atoms with van der Waals surface area (Å²) in [6.07, 6.45) is 1.59. The molecule has 0 radical (unpaired) electrons. The highest BCUT2D eigenvalue weighted by molar-refractivity contribution is 7.89. The number of benzene rings is 1. The fourth-order valence-electron chi connectivity index (χ4n) is 2.70. The molecular weight excluding hydrogens is 293 g/mol. The molecule has 2 rings (SSSR count). The van der Waals surface area contributed by atoms with Gasteiger partial charge in [0.1, 0.15) is 10.7 Å². The number of nitrogens with two attached hydrogens (primary N) is 1. The number of anilines is 1. The van der Waals surface area contributed by atoms with Crippen molar-refractivity contribution in [3.8, 4) is 0 Å². The van der Waals surface area contributed by atoms with Crippen LogP contribution in [0.4, 0.5) is 10.1 Å². The van der Waals surface area contributed by atoms with Crippen LogP contribution in [0, 0.1) is 5.82 Å². The van der Waals surface area contributed by atoms with E-state index >= 15 is 0 Å². The van der Waals surface area contributed by atoms with E-state index in [0.717, 1.165) is 44.6 Å². The molecule has 1 heterocycles. The van der Waals surface area contributed by atoms with E-state index < -0.39 is 15.8 Å². The van der Waals surface area contributed by atoms with E-state index in [1.807, 2.05) is 0 Å². The number of nitrogens with zero attached hydrogens (tertiary/aromatic N) is 2. The Morgan fingerprint density at radius 1 is 1.38 bits per heavy atom. The summed E-state index contributed by atoms with van der Waals surface area (Å²) in [5.74, 6) is -0.537. The second kappa shape index (κ2) is 6.29. The van der Waals surface area contributed by atoms with Crippen LogP contribution >= 0.6 is 0 Å². The molecule has 1 saturated heterocycles. The molecular formula is C14H22FN3O2S. The highest BCUT2D eigenvalue weighted by Gasteiger charge is 2.31. The minimum atomic E-state index is -3.69. The summed E-state index contributed by atoms with van der Waals surface area (Å²) in [6, 6.07) is 3.36. The molecule has 0 saturated carbocycles. The molecule has 21 heavy (non-hydrogen) atoms. The molecule has 0 aliphatic carbocycles. The fourth-order valence-corrected chi connectivity index (χ4v) is 4.22. The van der Waals surface area contributed by atoms with Crippen molar-refractivity contribution in [2.24, 2.45) is 0 Å². The average Bonchev–Trinajstić information content (AvgIpc) is 2.46. The lowest BCUT2D eigenvalue weighted by Gasteiger charge is -2.35. The lowest BCUT2D eigenvalue weighted by Crippen LogP contribution is -2.45. The quantitative estimate of drug-likeness (QED) is 0.855. The highest BCUT2D eigenvalue weighted by Crippen LogP contribution is 2.26. The first-order valence-electron chi connectivity index (χ1n) is 7.11. The molecule has 0 unspecified atom stereocenters. The van der Waals surface area contributed by atoms with Gasteiger partial charge in [-0.3, -0.25) is 0 Å². The van der Waals surface area contributed by atoms with Gasteiger partial charge in [0.25, 0.3) is 0 Å². The van der Waals surface area contributed by atoms with Crippen LogP contribution in [0.25, 0.3) is 0 Å². The molecule has 5 nitrogen and oxygen atoms in total. The Morgan fingerprint density at radius 3 is 2.52 bits per heavy atom. The van der Waals surface area contributed by atoms with Crippen LogP contribution in [0.3, 0.4) is 0 Å². The van der Waals surface area contributed by atoms with Crippen molar-refractivity contribution in [1.29, 1.82) is 0 Å². The summed E-state index contributed by atoms with van der Waals surface area (Å²) in [5.41, 5.74) is 5.62. The largest absolute Gasteiger partial charge is 0.398 e. The monoisotopic (exact) mass is 315 g/mol. The van der Waals surface area contributed by atoms with E-state index in [1.165, 1.54) is 10.4 Å². The number of hydrogen-bond acceptors (Lipinski definition) is 4. The first kappa shape index (κ1) is 16.2. The van der Waals surface area contributed by atoms with Crippen molar-refractivity contribution in [3.05, 3.63) is 24.0 Å². The maximum atomic E-state index is 13.1. The number of rotatable bonds is 4. The van der Waals surface area contributed by atoms with Gasteiger partial charge in [-0.25, -0.2) is 12.8 Å². The predicted octanol–water partition coefficient (Wildman–Crippen LogP) is 1.51. The van der Waals surface area contributed by atoms with Crippen LogP contribution in [0.5, 0.6) is 0 Å². The van der Waals surface area contributed by atoms with Crippen LogP contribution < -0.4 is 5.73 Å². The predicted molar refractivity (Wildman–Crippen MR) is 80.9 cm³/mol. The molecule has 1 aromatic rings. The SMILES string of the molecule is CCN1CCC(N(C)S(=O)(=O)c2ccc(F)cc2N)CC1. The van der Waals surface area contributed by atoms with E-state index in [9.17, 15) is 12.8 Å². The molecule has 2 N–H and O–H groups in total. The summed E-state index contributed by atoms with van der Waals surface area (Å²) in [7, 11) is -2.11. The molecule has 1 aliphatic rings. The lowest BCUT2D eigenvalue weighted by molar-refractivity contribution is 0.176. The summed E-state index contributed by atoms with van der Waals surface area (Å²) in [4.78, 5) is 2.27. The topological polar surface area (TPSA) is 66.6 Å². The lowest BCUT2D eigenvalue weighted by atomic mass is 10.1. The van der Waals surface area contributed by atoms with E-state index in [0.29, 0.717) is 0 Å². The minimum absolute atomic E-state index is 0.0238. The van der Waals surface area contributed by atoms with Gasteiger partial charge in [-0.05, 0) is 50.7 Å². The number of hydrogen-bond donors (Lipinski definition) is 1. The molecule has 118 valence electrons. The molecule has 0 atom stereocenters. The Kier molecular flexibility index (Phi) is 4.85. The Balaban J connectivity index is 2.19. The van der Waals surface area contributed by atoms with Gasteiger partial charge < -0.3 is 10.6 Å². The average molecular weight is 315 g/mol. The number of nitrogen functional groups attached to an aromatic ring is 1. The van der Waals surface area contributed by atoms with Crippen molar-refractivity contribution in [1.82, 2.24) is 9.21 Å². The fraction of sp³-hybridized carbons (Fsp3) is 0.571. The second-order valence-electron chi connectivity index (χ2n) is 5.37. The Labute approximate surface area is 125 Å². The van der Waals surface area contributed by atoms with Gasteiger partial charge in [0, 0.05) is 13.1 Å². The van der Waals surface area contributed by atoms with E-state index in [1.54, 1.807) is 7.05 Å². The maximum Gasteiger partial charge on any atom is 0.245 e. The van der Waals surface area contributed by atoms with Crippen LogP contribution in [0.2, 0.25) is 0 Å². The van der Waals surface area contributed by atoms with E-state index in [-0.39, 0.29) is 16.6 Å². The zero-order chi connectivity index (χ0) is 15.6. The number of sulfonamides is 1. The molecule has 0 bridgehead atoms. The van der Waals surface area contributed by atoms with E-state index in [2.05, 4.69) is 11.8 Å². The Morgan fingerprint density at radius 2 is 2.00 bits per heavy atom. The molecule has 0 spiro atoms. The number of halogens is 1. The van der Waals surface area contributed by atoms with Crippen LogP contribution in [-0.2, 0) is 10.0 Å². The van der Waals surface area contributed by atoms with E-state index in [4.69, 9.17) is 5.73 Å². The summed E-state index contributed by atoms with van der Waals surface area (Å²) >= 11 is 0. The third-order valence-corrected chi connectivity index (χ3v) is 6.13. The Bertz CT molecular complexity index is 598. The maximum absolute atomic E-state index is 13.1. The molecule has 0 amide bonds. The van der Waals surface area contributed by atoms with Gasteiger partial charge in [0.05, 0.1) is 5.69 Å². The minimum Gasteiger partial charge on any atom is -0.398 e. The first-order chi connectivity index (χ1) is 9.86. The van der Waals surface area contributed by atoms with Gasteiger partial charge in [0.15, 0.2) is 0 Å². The third-order valence-electron chi connectivity index (χ3n) is 4.15. The smallest absolute Gasteiger partial charge is 0.245 e. The second-order valence-corrected chi connectivity index (χ2v) is 7.33. The van der Waals surface area contributed by atoms with Gasteiger partial charge in [0.2, 0.25) is 10.0 Å². The molecule has 1 aliphatic heterocycles. The van der Waals surface area contributed by atoms with Crippen molar-refractivity contribution in [2.75, 3.05) is 32.4 Å². The van der Waals surface area contributed by atoms with Crippen LogP contribution in [0.15, 0.2) is 23.1 Å². The Hall–Kier alpha value is -1.18. The molecule has 1 aromatic carbocycles. The molecule has 1 fully saturated rings.